The predicted octanol–water partition coefficient (Wildman–Crippen LogP) is 9.21. The highest BCUT2D eigenvalue weighted by Gasteiger charge is 2.68. The SMILES string of the molecule is CC(C)OP1(=O)OC[C@H]2OC(n3ccc(NC(=O)c4ccc5c(c4)OC(C(=O)O)CO5)nc3=O)C(F)(F)[C@@H]2O1.CC(C)OP1(=O)OC[C@H]2OC(n3ccc(NC(=O)c4ccc5c(c4)OC(C)(C)CO5)nc3=O)C(F)(F)[C@@H]2O1.CC(C)OP1(=O)OC[C@H]2OC(n3ccc(NC(=O)c4ccc5c(c4)OC(C)(C)O5)nc3=O)C(F)(F)[C@@H]2O1. The maximum atomic E-state index is 15.3. The summed E-state index contributed by atoms with van der Waals surface area (Å²) >= 11 is 0. The number of carboxylic acids is 1. The predicted molar refractivity (Wildman–Crippen MR) is 372 cm³/mol. The molecule has 0 radical (unpaired) electrons. The molecule has 7 unspecified atom stereocenters. The third-order valence-electron chi connectivity index (χ3n) is 17.2. The number of anilines is 3. The van der Waals surface area contributed by atoms with Crippen molar-refractivity contribution >= 4 is 64.6 Å². The summed E-state index contributed by atoms with van der Waals surface area (Å²) in [6, 6.07) is 16.6. The largest absolute Gasteiger partial charge is 0.486 e. The van der Waals surface area contributed by atoms with Gasteiger partial charge in [-0.15, -0.1) is 0 Å². The third kappa shape index (κ3) is 17.5. The van der Waals surface area contributed by atoms with Crippen LogP contribution < -0.4 is 61.4 Å². The van der Waals surface area contributed by atoms with E-state index in [0.29, 0.717) is 43.3 Å². The Morgan fingerprint density at radius 3 is 1.16 bits per heavy atom. The van der Waals surface area contributed by atoms with E-state index in [1.54, 1.807) is 53.7 Å². The maximum absolute atomic E-state index is 15.3. The number of aromatic nitrogens is 6. The minimum atomic E-state index is -4.27. The van der Waals surface area contributed by atoms with Gasteiger partial charge in [-0.25, -0.2) is 32.9 Å². The molecule has 15 rings (SSSR count). The van der Waals surface area contributed by atoms with Crippen molar-refractivity contribution in [3.05, 3.63) is 140 Å². The molecule has 0 aliphatic carbocycles. The number of carboxylic acid groups (broad SMARTS) is 1. The second-order valence-electron chi connectivity index (χ2n) is 28.2. The van der Waals surface area contributed by atoms with Crippen LogP contribution in [0.5, 0.6) is 34.5 Å². The molecule has 12 heterocycles. The summed E-state index contributed by atoms with van der Waals surface area (Å²) < 4.78 is 225. The van der Waals surface area contributed by atoms with Crippen molar-refractivity contribution in [1.82, 2.24) is 28.7 Å². The van der Waals surface area contributed by atoms with Crippen molar-refractivity contribution in [2.45, 2.75) is 178 Å². The number of carbonyl (C=O) groups excluding carboxylic acids is 3. The maximum Gasteiger partial charge on any atom is 0.475 e. The molecular weight excluding hydrogens is 1600 g/mol. The normalized spacial score (nSPS) is 29.1. The summed E-state index contributed by atoms with van der Waals surface area (Å²) in [5.41, 5.74) is -3.55. The minimum absolute atomic E-state index is 0.0225. The molecule has 47 heteroatoms. The molecule has 3 amide bonds. The van der Waals surface area contributed by atoms with Crippen LogP contribution in [0.2, 0.25) is 0 Å². The van der Waals surface area contributed by atoms with Crippen molar-refractivity contribution in [2.75, 3.05) is 49.0 Å². The van der Waals surface area contributed by atoms with E-state index >= 15 is 26.3 Å². The van der Waals surface area contributed by atoms with E-state index in [9.17, 15) is 47.3 Å². The number of aliphatic carboxylic acids is 1. The number of hydrogen-bond donors (Lipinski definition) is 4. The van der Waals surface area contributed by atoms with Crippen LogP contribution in [0.15, 0.2) is 106 Å². The van der Waals surface area contributed by atoms with E-state index in [1.807, 2.05) is 13.8 Å². The first-order valence-corrected chi connectivity index (χ1v) is 39.1. The average molecular weight is 1670 g/mol. The van der Waals surface area contributed by atoms with Gasteiger partial charge in [0.2, 0.25) is 30.6 Å². The molecule has 0 spiro atoms. The summed E-state index contributed by atoms with van der Waals surface area (Å²) in [6.45, 7) is 15.0. The van der Waals surface area contributed by atoms with E-state index in [0.717, 1.165) is 24.7 Å². The number of phosphoric acid groups is 3. The third-order valence-corrected chi connectivity index (χ3v) is 22.1. The van der Waals surface area contributed by atoms with Crippen LogP contribution in [-0.2, 0) is 73.4 Å². The van der Waals surface area contributed by atoms with Crippen molar-refractivity contribution in [2.24, 2.45) is 0 Å². The molecule has 616 valence electrons. The second kappa shape index (κ2) is 31.1. The van der Waals surface area contributed by atoms with Crippen LogP contribution in [0, 0.1) is 0 Å². The zero-order valence-corrected chi connectivity index (χ0v) is 64.1. The summed E-state index contributed by atoms with van der Waals surface area (Å²) in [5, 5.41) is 16.4. The number of benzene rings is 3. The van der Waals surface area contributed by atoms with Gasteiger partial charge in [0.25, 0.3) is 17.7 Å². The fraction of sp³-hybridized carbons (Fsp3) is 0.493. The number of nitrogens with one attached hydrogen (secondary N) is 3. The van der Waals surface area contributed by atoms with E-state index in [1.165, 1.54) is 68.4 Å². The summed E-state index contributed by atoms with van der Waals surface area (Å²) in [6.07, 6.45) is -16.4. The summed E-state index contributed by atoms with van der Waals surface area (Å²) in [5.74, 6) is -14.1. The molecule has 0 saturated carbocycles. The lowest BCUT2D eigenvalue weighted by molar-refractivity contribution is -0.147. The standard InChI is InChI=1S/C23H26F2N3O9P.C22H22F2N3O11P.C22H24F2N3O9P/c1-12(2)36-38(31)33-10-16-18(37-38)23(24,25)20(34-16)28-8-7-17(27-21(28)30)26-19(29)13-5-6-14-15(9-13)35-22(3,4)11-32-14;1-10(2)37-39(32)34-9-14-17(38-39)22(23,24)20(36-14)27-6-5-16(26-21(27)31)25-18(28)11-3-4-12-13(7-11)35-15(8-33-12)19(29)30;1-11(2)35-37(30)31-10-15-17(36-37)22(23,24)19(32-15)27-8-7-16(26-20(27)29)25-18(28)12-5-6-13-14(9-12)34-21(3,4)33-13/h5-9,12,16,18,20H,10-11H2,1-4H3,(H,26,27,29,30);3-7,10,14-15,17,20H,8-9H2,1-2H3,(H,29,30)(H,25,26,28,31);5-9,11,15,17,19H,10H2,1-4H3,(H,25,26,28,29)/t16-,18-,20?,38?;14-,15?,17-,20?,39?;15-,17-,19?,37?/m111/s1. The Labute approximate surface area is 639 Å². The Morgan fingerprint density at radius 1 is 0.474 bits per heavy atom. The highest BCUT2D eigenvalue weighted by atomic mass is 31.2. The first-order valence-electron chi connectivity index (χ1n) is 34.7. The van der Waals surface area contributed by atoms with Gasteiger partial charge >= 0.3 is 64.3 Å². The molecule has 9 aliphatic rings. The van der Waals surface area contributed by atoms with Gasteiger partial charge < -0.3 is 63.7 Å². The van der Waals surface area contributed by atoms with Crippen molar-refractivity contribution in [3.8, 4) is 34.5 Å². The summed E-state index contributed by atoms with van der Waals surface area (Å²) in [7, 11) is -12.8. The van der Waals surface area contributed by atoms with E-state index < -0.39 is 193 Å². The number of nitrogens with zero attached hydrogens (tertiary/aromatic N) is 6. The number of ether oxygens (including phenoxy) is 9. The number of amides is 3. The molecule has 3 aromatic heterocycles. The molecule has 4 N–H and O–H groups in total. The number of fused-ring (bicyclic) bond motifs is 6. The van der Waals surface area contributed by atoms with Gasteiger partial charge in [-0.3, -0.25) is 68.8 Å². The van der Waals surface area contributed by atoms with E-state index in [2.05, 4.69) is 30.9 Å². The molecule has 114 heavy (non-hydrogen) atoms. The number of carbonyl (C=O) groups is 4. The number of hydrogen-bond acceptors (Lipinski definition) is 31. The number of rotatable bonds is 16. The molecule has 3 aromatic carbocycles. The lowest BCUT2D eigenvalue weighted by Gasteiger charge is -2.32. The lowest BCUT2D eigenvalue weighted by atomic mass is 10.1. The number of alkyl halides is 6. The first-order chi connectivity index (χ1) is 53.4. The number of phosphoric ester groups is 3. The van der Waals surface area contributed by atoms with Crippen LogP contribution in [0.3, 0.4) is 0 Å². The Morgan fingerprint density at radius 2 is 0.807 bits per heavy atom. The molecular formula is C67H72F6N9O29P3. The first kappa shape index (κ1) is 82.7. The van der Waals surface area contributed by atoms with Crippen LogP contribution in [0.25, 0.3) is 0 Å². The molecule has 0 bridgehead atoms. The van der Waals surface area contributed by atoms with Gasteiger partial charge in [-0.1, -0.05) is 0 Å². The highest BCUT2D eigenvalue weighted by Crippen LogP contribution is 2.63. The zero-order valence-electron chi connectivity index (χ0n) is 61.4. The second-order valence-corrected chi connectivity index (χ2v) is 33.0. The van der Waals surface area contributed by atoms with Gasteiger partial charge in [-0.2, -0.15) is 41.3 Å². The van der Waals surface area contributed by atoms with Crippen molar-refractivity contribution in [1.29, 1.82) is 0 Å². The Bertz CT molecular complexity index is 5110. The molecule has 38 nitrogen and oxygen atoms in total. The quantitative estimate of drug-likeness (QED) is 0.0518. The van der Waals surface area contributed by atoms with Crippen molar-refractivity contribution in [3.63, 3.8) is 0 Å². The fourth-order valence-corrected chi connectivity index (χ4v) is 17.0. The lowest BCUT2D eigenvalue weighted by Crippen LogP contribution is -2.45. The van der Waals surface area contributed by atoms with Gasteiger partial charge in [0, 0.05) is 49.1 Å². The minimum Gasteiger partial charge on any atom is -0.486 e. The Hall–Kier alpha value is -9.23. The van der Waals surface area contributed by atoms with Gasteiger partial charge in [0.1, 0.15) is 54.6 Å². The van der Waals surface area contributed by atoms with E-state index in [4.69, 9.17) is 88.5 Å². The highest BCUT2D eigenvalue weighted by molar-refractivity contribution is 7.49. The Balaban J connectivity index is 0.000000149. The zero-order chi connectivity index (χ0) is 82.3. The number of halogens is 6. The summed E-state index contributed by atoms with van der Waals surface area (Å²) in [4.78, 5) is 98.2. The topological polar surface area (TPSA) is 447 Å². The van der Waals surface area contributed by atoms with Crippen LogP contribution in [-0.4, -0.2) is 181 Å². The van der Waals surface area contributed by atoms with E-state index in [-0.39, 0.29) is 52.2 Å². The van der Waals surface area contributed by atoms with Gasteiger partial charge in [-0.05, 0) is 128 Å². The fourth-order valence-electron chi connectivity index (χ4n) is 12.3. The average Bonchev–Trinajstić information content (AvgIpc) is 1.60. The van der Waals surface area contributed by atoms with Crippen LogP contribution in [0.1, 0.15) is 119 Å². The molecule has 6 fully saturated rings. The molecule has 13 atom stereocenters. The smallest absolute Gasteiger partial charge is 0.475 e. The van der Waals surface area contributed by atoms with Crippen molar-refractivity contribution < 1.29 is 148 Å². The van der Waals surface area contributed by atoms with Gasteiger partial charge in [0.15, 0.2) is 52.8 Å². The molecule has 6 aromatic rings. The molecule has 9 aliphatic heterocycles. The van der Waals surface area contributed by atoms with Gasteiger partial charge in [0.05, 0.1) is 38.1 Å². The van der Waals surface area contributed by atoms with Crippen LogP contribution >= 0.6 is 23.5 Å². The monoisotopic (exact) mass is 1670 g/mol. The Kier molecular flexibility index (Phi) is 22.6. The molecule has 6 saturated heterocycles. The van der Waals surface area contributed by atoms with Crippen LogP contribution in [0.4, 0.5) is 43.8 Å².